The van der Waals surface area contributed by atoms with Gasteiger partial charge in [-0.25, -0.2) is 4.39 Å². The van der Waals surface area contributed by atoms with Crippen LogP contribution in [-0.2, 0) is 6.42 Å². The van der Waals surface area contributed by atoms with E-state index >= 15 is 0 Å². The largest absolute Gasteiger partial charge is 0.494 e. The van der Waals surface area contributed by atoms with Gasteiger partial charge in [-0.05, 0) is 39.7 Å². The van der Waals surface area contributed by atoms with Gasteiger partial charge in [-0.1, -0.05) is 6.07 Å². The van der Waals surface area contributed by atoms with E-state index in [2.05, 4.69) is 15.9 Å². The van der Waals surface area contributed by atoms with Crippen molar-refractivity contribution in [1.82, 2.24) is 0 Å². The second kappa shape index (κ2) is 5.35. The lowest BCUT2D eigenvalue weighted by Gasteiger charge is -2.04. The molecule has 0 fully saturated rings. The first-order valence-corrected chi connectivity index (χ1v) is 5.99. The first-order chi connectivity index (χ1) is 8.61. The monoisotopic (exact) mass is 312 g/mol. The van der Waals surface area contributed by atoms with Crippen molar-refractivity contribution in [2.75, 3.05) is 7.11 Å². The first kappa shape index (κ1) is 12.8. The number of furan rings is 1. The summed E-state index contributed by atoms with van der Waals surface area (Å²) in [4.78, 5) is 11.9. The zero-order valence-electron chi connectivity index (χ0n) is 9.57. The van der Waals surface area contributed by atoms with Gasteiger partial charge in [-0.15, -0.1) is 0 Å². The Balaban J connectivity index is 2.17. The number of carbonyl (C=O) groups is 1. The lowest BCUT2D eigenvalue weighted by molar-refractivity contribution is 0.0991. The van der Waals surface area contributed by atoms with Gasteiger partial charge in [-0.2, -0.15) is 0 Å². The van der Waals surface area contributed by atoms with Crippen LogP contribution in [0, 0.1) is 5.82 Å². The van der Waals surface area contributed by atoms with E-state index in [4.69, 9.17) is 9.15 Å². The smallest absolute Gasteiger partial charge is 0.179 e. The van der Waals surface area contributed by atoms with Gasteiger partial charge in [0.1, 0.15) is 0 Å². The van der Waals surface area contributed by atoms with Gasteiger partial charge >= 0.3 is 0 Å². The molecule has 0 amide bonds. The number of hydrogen-bond acceptors (Lipinski definition) is 3. The fourth-order valence-corrected chi connectivity index (χ4v) is 2.06. The summed E-state index contributed by atoms with van der Waals surface area (Å²) in [6, 6.07) is 6.03. The van der Waals surface area contributed by atoms with Crippen molar-refractivity contribution in [2.45, 2.75) is 6.42 Å². The van der Waals surface area contributed by atoms with Crippen LogP contribution in [0.1, 0.15) is 15.9 Å². The Morgan fingerprint density at radius 1 is 1.44 bits per heavy atom. The van der Waals surface area contributed by atoms with Crippen molar-refractivity contribution in [3.63, 3.8) is 0 Å². The van der Waals surface area contributed by atoms with Crippen molar-refractivity contribution in [3.8, 4) is 5.75 Å². The maximum atomic E-state index is 13.5. The molecule has 0 bridgehead atoms. The minimum absolute atomic E-state index is 0.110. The molecule has 0 aliphatic heterocycles. The third kappa shape index (κ3) is 2.61. The fraction of sp³-hybridized carbons (Fsp3) is 0.154. The summed E-state index contributed by atoms with van der Waals surface area (Å²) in [5.41, 5.74) is 1.04. The Morgan fingerprint density at radius 3 is 2.78 bits per heavy atom. The Labute approximate surface area is 112 Å². The predicted octanol–water partition coefficient (Wildman–Crippen LogP) is 3.62. The Bertz CT molecular complexity index is 577. The average Bonchev–Trinajstić information content (AvgIpc) is 2.76. The normalized spacial score (nSPS) is 10.4. The zero-order valence-corrected chi connectivity index (χ0v) is 11.2. The Hall–Kier alpha value is -1.62. The minimum atomic E-state index is -0.478. The van der Waals surface area contributed by atoms with Crippen molar-refractivity contribution >= 4 is 21.7 Å². The molecule has 0 unspecified atom stereocenters. The quantitative estimate of drug-likeness (QED) is 0.810. The molecule has 0 radical (unpaired) electrons. The number of hydrogen-bond donors (Lipinski definition) is 0. The summed E-state index contributed by atoms with van der Waals surface area (Å²) in [7, 11) is 1.39. The molecule has 0 spiro atoms. The highest BCUT2D eigenvalue weighted by Crippen LogP contribution is 2.22. The molecule has 94 valence electrons. The molecule has 2 aromatic rings. The van der Waals surface area contributed by atoms with Crippen molar-refractivity contribution < 1.29 is 18.3 Å². The highest BCUT2D eigenvalue weighted by molar-refractivity contribution is 9.10. The van der Waals surface area contributed by atoms with E-state index < -0.39 is 5.82 Å². The second-order valence-electron chi connectivity index (χ2n) is 3.68. The average molecular weight is 313 g/mol. The van der Waals surface area contributed by atoms with Gasteiger partial charge in [-0.3, -0.25) is 4.79 Å². The van der Waals surface area contributed by atoms with Crippen molar-refractivity contribution in [3.05, 3.63) is 52.1 Å². The number of methoxy groups -OCH3 is 1. The highest BCUT2D eigenvalue weighted by atomic mass is 79.9. The molecular formula is C13H10BrFO3. The minimum Gasteiger partial charge on any atom is -0.494 e. The van der Waals surface area contributed by atoms with Crippen molar-refractivity contribution in [1.29, 1.82) is 0 Å². The van der Waals surface area contributed by atoms with Crippen LogP contribution in [0.5, 0.6) is 5.75 Å². The summed E-state index contributed by atoms with van der Waals surface area (Å²) in [6.07, 6.45) is 1.53. The number of benzene rings is 1. The summed E-state index contributed by atoms with van der Waals surface area (Å²) in [6.45, 7) is 0. The molecule has 18 heavy (non-hydrogen) atoms. The zero-order chi connectivity index (χ0) is 13.1. The number of ether oxygens (including phenoxy) is 1. The van der Waals surface area contributed by atoms with Crippen LogP contribution < -0.4 is 4.74 Å². The molecule has 0 saturated heterocycles. The number of ketones is 1. The van der Waals surface area contributed by atoms with Crippen LogP contribution in [0.2, 0.25) is 0 Å². The molecule has 3 nitrogen and oxygen atoms in total. The molecular weight excluding hydrogens is 303 g/mol. The molecule has 0 saturated carbocycles. The van der Waals surface area contributed by atoms with Gasteiger partial charge in [0.15, 0.2) is 22.0 Å². The lowest BCUT2D eigenvalue weighted by Crippen LogP contribution is -2.03. The number of carbonyl (C=O) groups excluding carboxylic acids is 1. The van der Waals surface area contributed by atoms with E-state index in [1.54, 1.807) is 12.1 Å². The molecule has 2 rings (SSSR count). The predicted molar refractivity (Wildman–Crippen MR) is 67.4 cm³/mol. The van der Waals surface area contributed by atoms with Gasteiger partial charge < -0.3 is 9.15 Å². The van der Waals surface area contributed by atoms with Gasteiger partial charge in [0.05, 0.1) is 18.9 Å². The maximum absolute atomic E-state index is 13.5. The van der Waals surface area contributed by atoms with Crippen LogP contribution in [-0.4, -0.2) is 12.9 Å². The van der Waals surface area contributed by atoms with E-state index in [-0.39, 0.29) is 18.0 Å². The van der Waals surface area contributed by atoms with Gasteiger partial charge in [0.2, 0.25) is 0 Å². The Morgan fingerprint density at radius 2 is 2.22 bits per heavy atom. The standard InChI is InChI=1S/C13H10BrFO3/c1-17-12-3-2-8(6-10(12)15)7-11(16)9-4-5-18-13(9)14/h2-6H,7H2,1H3. The summed E-state index contributed by atoms with van der Waals surface area (Å²) >= 11 is 3.14. The summed E-state index contributed by atoms with van der Waals surface area (Å²) in [5.74, 6) is -0.454. The SMILES string of the molecule is COc1ccc(CC(=O)c2ccoc2Br)cc1F. The van der Waals surface area contributed by atoms with E-state index in [0.29, 0.717) is 15.8 Å². The molecule has 0 aliphatic carbocycles. The molecule has 1 heterocycles. The van der Waals surface area contributed by atoms with Crippen LogP contribution in [0.25, 0.3) is 0 Å². The van der Waals surface area contributed by atoms with E-state index in [0.717, 1.165) is 0 Å². The second-order valence-corrected chi connectivity index (χ2v) is 4.40. The molecule has 0 atom stereocenters. The van der Waals surface area contributed by atoms with Gasteiger partial charge in [0, 0.05) is 6.42 Å². The van der Waals surface area contributed by atoms with E-state index in [1.807, 2.05) is 0 Å². The lowest BCUT2D eigenvalue weighted by atomic mass is 10.1. The molecule has 1 aromatic carbocycles. The Kier molecular flexibility index (Phi) is 3.81. The third-order valence-corrected chi connectivity index (χ3v) is 3.11. The molecule has 0 N–H and O–H groups in total. The van der Waals surface area contributed by atoms with Crippen LogP contribution in [0.4, 0.5) is 4.39 Å². The van der Waals surface area contributed by atoms with E-state index in [1.165, 1.54) is 25.5 Å². The maximum Gasteiger partial charge on any atom is 0.179 e. The van der Waals surface area contributed by atoms with Crippen LogP contribution in [0.3, 0.4) is 0 Å². The number of halogens is 2. The summed E-state index contributed by atoms with van der Waals surface area (Å²) in [5, 5.41) is 0. The fourth-order valence-electron chi connectivity index (χ4n) is 1.59. The van der Waals surface area contributed by atoms with Crippen molar-refractivity contribution in [2.24, 2.45) is 0 Å². The van der Waals surface area contributed by atoms with Gasteiger partial charge in [0.25, 0.3) is 0 Å². The molecule has 0 aliphatic rings. The van der Waals surface area contributed by atoms with E-state index in [9.17, 15) is 9.18 Å². The topological polar surface area (TPSA) is 39.4 Å². The molecule has 5 heteroatoms. The number of Topliss-reactive ketones (excluding diaryl/α,β-unsaturated/α-hetero) is 1. The van der Waals surface area contributed by atoms with Crippen LogP contribution >= 0.6 is 15.9 Å². The summed E-state index contributed by atoms with van der Waals surface area (Å²) < 4.78 is 23.6. The number of rotatable bonds is 4. The first-order valence-electron chi connectivity index (χ1n) is 5.20. The molecule has 1 aromatic heterocycles. The third-order valence-electron chi connectivity index (χ3n) is 2.50. The van der Waals surface area contributed by atoms with Crippen LogP contribution in [0.15, 0.2) is 39.6 Å². The highest BCUT2D eigenvalue weighted by Gasteiger charge is 2.14.